The van der Waals surface area contributed by atoms with Crippen molar-refractivity contribution in [2.45, 2.75) is 33.2 Å². The molecular weight excluding hydrogens is 360 g/mol. The number of benzene rings is 1. The first-order valence-corrected chi connectivity index (χ1v) is 10.2. The molecule has 3 aromatic heterocycles. The summed E-state index contributed by atoms with van der Waals surface area (Å²) in [4.78, 5) is 9.18. The molecule has 0 unspecified atom stereocenters. The van der Waals surface area contributed by atoms with E-state index in [1.54, 1.807) is 0 Å². The van der Waals surface area contributed by atoms with Gasteiger partial charge < -0.3 is 4.74 Å². The highest BCUT2D eigenvalue weighted by Crippen LogP contribution is 2.40. The summed E-state index contributed by atoms with van der Waals surface area (Å²) < 4.78 is 8.05. The van der Waals surface area contributed by atoms with Crippen molar-refractivity contribution in [3.05, 3.63) is 60.6 Å². The van der Waals surface area contributed by atoms with E-state index in [0.717, 1.165) is 53.0 Å². The topological polar surface area (TPSA) is 52.8 Å². The summed E-state index contributed by atoms with van der Waals surface area (Å²) >= 11 is 0. The van der Waals surface area contributed by atoms with Gasteiger partial charge in [-0.3, -0.25) is 14.6 Å². The van der Waals surface area contributed by atoms with Crippen LogP contribution in [0.3, 0.4) is 0 Å². The van der Waals surface area contributed by atoms with Crippen LogP contribution in [-0.4, -0.2) is 26.4 Å². The molecule has 0 amide bonds. The number of aryl methyl sites for hydroxylation is 1. The zero-order chi connectivity index (χ0) is 19.8. The Bertz CT molecular complexity index is 1160. The largest absolute Gasteiger partial charge is 0.493 e. The van der Waals surface area contributed by atoms with Crippen LogP contribution >= 0.6 is 0 Å². The summed E-state index contributed by atoms with van der Waals surface area (Å²) in [7, 11) is 0. The number of hydrogen-bond donors (Lipinski definition) is 0. The van der Waals surface area contributed by atoms with Gasteiger partial charge >= 0.3 is 0 Å². The maximum atomic E-state index is 5.91. The van der Waals surface area contributed by atoms with E-state index in [-0.39, 0.29) is 0 Å². The third kappa shape index (κ3) is 3.27. The lowest BCUT2D eigenvalue weighted by atomic mass is 9.96. The fourth-order valence-electron chi connectivity index (χ4n) is 4.00. The molecular formula is C24H24N4O. The molecule has 5 heteroatoms. The standard InChI is InChI=1S/C24H24N4O/c1-16(2)15-29-17-8-9-18-19(10-12-26-21(18)14-17)23-22-7-5-13-28(22)27-24(23)20-6-3-4-11-25-20/h3-4,6,8-12,14,16H,5,7,13,15H2,1-2H3. The van der Waals surface area contributed by atoms with E-state index < -0.39 is 0 Å². The highest BCUT2D eigenvalue weighted by molar-refractivity contribution is 5.99. The van der Waals surface area contributed by atoms with Crippen molar-refractivity contribution in [1.82, 2.24) is 19.7 Å². The highest BCUT2D eigenvalue weighted by atomic mass is 16.5. The molecule has 0 fully saturated rings. The normalized spacial score (nSPS) is 13.2. The van der Waals surface area contributed by atoms with Crippen molar-refractivity contribution in [2.75, 3.05) is 6.61 Å². The summed E-state index contributed by atoms with van der Waals surface area (Å²) in [5, 5.41) is 6.03. The van der Waals surface area contributed by atoms with Gasteiger partial charge in [-0.25, -0.2) is 0 Å². The van der Waals surface area contributed by atoms with Crippen LogP contribution in [0.15, 0.2) is 54.9 Å². The first-order chi connectivity index (χ1) is 14.2. The monoisotopic (exact) mass is 384 g/mol. The molecule has 146 valence electrons. The summed E-state index contributed by atoms with van der Waals surface area (Å²) in [6, 6.07) is 14.3. The van der Waals surface area contributed by atoms with Crippen LogP contribution in [0, 0.1) is 5.92 Å². The van der Waals surface area contributed by atoms with E-state index in [9.17, 15) is 0 Å². The Morgan fingerprint density at radius 3 is 2.83 bits per heavy atom. The van der Waals surface area contributed by atoms with Gasteiger partial charge in [0.25, 0.3) is 0 Å². The Hall–Kier alpha value is -3.21. The van der Waals surface area contributed by atoms with E-state index in [0.29, 0.717) is 12.5 Å². The minimum atomic E-state index is 0.487. The summed E-state index contributed by atoms with van der Waals surface area (Å²) in [5.41, 5.74) is 6.44. The summed E-state index contributed by atoms with van der Waals surface area (Å²) in [5.74, 6) is 1.35. The molecule has 1 aliphatic rings. The second-order valence-corrected chi connectivity index (χ2v) is 7.95. The van der Waals surface area contributed by atoms with Crippen molar-refractivity contribution in [1.29, 1.82) is 0 Å². The minimum absolute atomic E-state index is 0.487. The molecule has 5 nitrogen and oxygen atoms in total. The van der Waals surface area contributed by atoms with Gasteiger partial charge in [0.05, 0.1) is 17.8 Å². The third-order valence-electron chi connectivity index (χ3n) is 5.32. The first-order valence-electron chi connectivity index (χ1n) is 10.2. The maximum absolute atomic E-state index is 5.91. The fourth-order valence-corrected chi connectivity index (χ4v) is 4.00. The zero-order valence-corrected chi connectivity index (χ0v) is 16.8. The van der Waals surface area contributed by atoms with Crippen LogP contribution in [0.5, 0.6) is 5.75 Å². The van der Waals surface area contributed by atoms with Gasteiger partial charge in [-0.2, -0.15) is 5.10 Å². The number of nitrogens with zero attached hydrogens (tertiary/aromatic N) is 4. The number of ether oxygens (including phenoxy) is 1. The second kappa shape index (κ2) is 7.32. The van der Waals surface area contributed by atoms with Crippen LogP contribution in [0.25, 0.3) is 33.4 Å². The van der Waals surface area contributed by atoms with E-state index in [1.165, 1.54) is 11.3 Å². The highest BCUT2D eigenvalue weighted by Gasteiger charge is 2.25. The van der Waals surface area contributed by atoms with E-state index >= 15 is 0 Å². The van der Waals surface area contributed by atoms with Crippen LogP contribution in [0.4, 0.5) is 0 Å². The van der Waals surface area contributed by atoms with Crippen LogP contribution < -0.4 is 4.74 Å². The molecule has 0 saturated heterocycles. The van der Waals surface area contributed by atoms with Gasteiger partial charge in [0.15, 0.2) is 0 Å². The lowest BCUT2D eigenvalue weighted by Crippen LogP contribution is -2.04. The van der Waals surface area contributed by atoms with Crippen molar-refractivity contribution >= 4 is 10.9 Å². The third-order valence-corrected chi connectivity index (χ3v) is 5.32. The molecule has 0 radical (unpaired) electrons. The molecule has 0 bridgehead atoms. The Morgan fingerprint density at radius 1 is 1.07 bits per heavy atom. The van der Waals surface area contributed by atoms with E-state index in [1.807, 2.05) is 42.7 Å². The van der Waals surface area contributed by atoms with Gasteiger partial charge in [-0.1, -0.05) is 19.9 Å². The molecule has 0 atom stereocenters. The second-order valence-electron chi connectivity index (χ2n) is 7.95. The average Bonchev–Trinajstić information content (AvgIpc) is 3.33. The predicted molar refractivity (Wildman–Crippen MR) is 115 cm³/mol. The molecule has 4 aromatic rings. The molecule has 1 aromatic carbocycles. The molecule has 5 rings (SSSR count). The van der Waals surface area contributed by atoms with Crippen molar-refractivity contribution in [3.63, 3.8) is 0 Å². The SMILES string of the molecule is CC(C)COc1ccc2c(-c3c(-c4ccccn4)nn4c3CCC4)ccnc2c1. The molecule has 0 saturated carbocycles. The fraction of sp³-hybridized carbons (Fsp3) is 0.292. The molecule has 29 heavy (non-hydrogen) atoms. The Labute approximate surface area is 170 Å². The van der Waals surface area contributed by atoms with Crippen molar-refractivity contribution in [2.24, 2.45) is 5.92 Å². The molecule has 0 aliphatic carbocycles. The van der Waals surface area contributed by atoms with Crippen molar-refractivity contribution < 1.29 is 4.74 Å². The number of fused-ring (bicyclic) bond motifs is 2. The number of rotatable bonds is 5. The lowest BCUT2D eigenvalue weighted by Gasteiger charge is -2.12. The molecule has 0 N–H and O–H groups in total. The molecule has 1 aliphatic heterocycles. The van der Waals surface area contributed by atoms with Gasteiger partial charge in [0.2, 0.25) is 0 Å². The number of hydrogen-bond acceptors (Lipinski definition) is 4. The Morgan fingerprint density at radius 2 is 2.00 bits per heavy atom. The van der Waals surface area contributed by atoms with Gasteiger partial charge in [-0.15, -0.1) is 0 Å². The quantitative estimate of drug-likeness (QED) is 0.478. The van der Waals surface area contributed by atoms with Gasteiger partial charge in [0, 0.05) is 41.6 Å². The Kier molecular flexibility index (Phi) is 4.51. The van der Waals surface area contributed by atoms with E-state index in [2.05, 4.69) is 40.6 Å². The summed E-state index contributed by atoms with van der Waals surface area (Å²) in [6.45, 7) is 5.96. The summed E-state index contributed by atoms with van der Waals surface area (Å²) in [6.07, 6.45) is 5.88. The Balaban J connectivity index is 1.66. The maximum Gasteiger partial charge on any atom is 0.121 e. The predicted octanol–water partition coefficient (Wildman–Crippen LogP) is 5.14. The number of aromatic nitrogens is 4. The number of pyridine rings is 2. The van der Waals surface area contributed by atoms with Crippen LogP contribution in [0.1, 0.15) is 26.0 Å². The zero-order valence-electron chi connectivity index (χ0n) is 16.8. The average molecular weight is 384 g/mol. The van der Waals surface area contributed by atoms with Crippen LogP contribution in [0.2, 0.25) is 0 Å². The smallest absolute Gasteiger partial charge is 0.121 e. The van der Waals surface area contributed by atoms with Gasteiger partial charge in [0.1, 0.15) is 11.4 Å². The lowest BCUT2D eigenvalue weighted by molar-refractivity contribution is 0.271. The molecule has 4 heterocycles. The van der Waals surface area contributed by atoms with E-state index in [4.69, 9.17) is 9.84 Å². The van der Waals surface area contributed by atoms with Crippen LogP contribution in [-0.2, 0) is 13.0 Å². The van der Waals surface area contributed by atoms with Gasteiger partial charge in [-0.05, 0) is 54.7 Å². The molecule has 0 spiro atoms. The van der Waals surface area contributed by atoms with Crippen molar-refractivity contribution in [3.8, 4) is 28.3 Å². The minimum Gasteiger partial charge on any atom is -0.493 e. The first kappa shape index (κ1) is 17.9.